The average Bonchev–Trinajstić information content (AvgIpc) is 2.47. The molecule has 0 N–H and O–H groups in total. The lowest BCUT2D eigenvalue weighted by atomic mass is 10.1. The summed E-state index contributed by atoms with van der Waals surface area (Å²) in [6.07, 6.45) is 0. The number of nitrogens with zero attached hydrogens (tertiary/aromatic N) is 1. The van der Waals surface area contributed by atoms with E-state index in [0.717, 1.165) is 11.1 Å². The fraction of sp³-hybridized carbons (Fsp3) is 0.188. The Balaban J connectivity index is 2.03. The molecule has 1 unspecified atom stereocenters. The number of hydrogen-bond acceptors (Lipinski definition) is 2. The minimum absolute atomic E-state index is 0.0124. The Kier molecular flexibility index (Phi) is 4.63. The second kappa shape index (κ2) is 6.43. The Morgan fingerprint density at radius 3 is 2.16 bits per heavy atom. The van der Waals surface area contributed by atoms with Gasteiger partial charge in [-0.25, -0.2) is 0 Å². The van der Waals surface area contributed by atoms with Crippen LogP contribution in [0.5, 0.6) is 0 Å². The molecule has 0 aliphatic rings. The molecule has 0 heterocycles. The zero-order chi connectivity index (χ0) is 13.7. The predicted molar refractivity (Wildman–Crippen MR) is 81.1 cm³/mol. The van der Waals surface area contributed by atoms with Crippen molar-refractivity contribution in [3.05, 3.63) is 71.8 Å². The number of carbonyl (C=O) groups is 1. The minimum atomic E-state index is -0.407. The minimum Gasteiger partial charge on any atom is -0.340 e. The monoisotopic (exact) mass is 271 g/mol. The molecule has 0 aliphatic carbocycles. The van der Waals surface area contributed by atoms with Crippen LogP contribution < -0.4 is 0 Å². The van der Waals surface area contributed by atoms with E-state index in [-0.39, 0.29) is 5.91 Å². The molecule has 0 spiro atoms. The lowest BCUT2D eigenvalue weighted by Gasteiger charge is -2.21. The van der Waals surface area contributed by atoms with Crippen LogP contribution in [0, 0.1) is 0 Å². The van der Waals surface area contributed by atoms with Crippen LogP contribution in [0.1, 0.15) is 16.4 Å². The SMILES string of the molecule is CN(Cc1ccccc1)C(=O)C(S)c1ccccc1. The summed E-state index contributed by atoms with van der Waals surface area (Å²) in [5.74, 6) is 0.0124. The first-order chi connectivity index (χ1) is 9.18. The van der Waals surface area contributed by atoms with Gasteiger partial charge in [-0.1, -0.05) is 60.7 Å². The van der Waals surface area contributed by atoms with Crippen molar-refractivity contribution in [1.29, 1.82) is 0 Å². The van der Waals surface area contributed by atoms with Gasteiger partial charge in [0.1, 0.15) is 5.25 Å². The molecular formula is C16H17NOS. The van der Waals surface area contributed by atoms with Crippen molar-refractivity contribution in [2.45, 2.75) is 11.8 Å². The summed E-state index contributed by atoms with van der Waals surface area (Å²) in [7, 11) is 1.81. The Morgan fingerprint density at radius 1 is 1.05 bits per heavy atom. The summed E-state index contributed by atoms with van der Waals surface area (Å²) in [6, 6.07) is 19.6. The maximum atomic E-state index is 12.3. The Bertz CT molecular complexity index is 527. The van der Waals surface area contributed by atoms with E-state index >= 15 is 0 Å². The van der Waals surface area contributed by atoms with Crippen LogP contribution in [0.4, 0.5) is 0 Å². The largest absolute Gasteiger partial charge is 0.340 e. The standard InChI is InChI=1S/C16H17NOS/c1-17(12-13-8-4-2-5-9-13)16(18)15(19)14-10-6-3-7-11-14/h2-11,15,19H,12H2,1H3. The third-order valence-corrected chi connectivity index (χ3v) is 3.51. The highest BCUT2D eigenvalue weighted by atomic mass is 32.1. The highest BCUT2D eigenvalue weighted by Crippen LogP contribution is 2.22. The van der Waals surface area contributed by atoms with E-state index < -0.39 is 5.25 Å². The number of likely N-dealkylation sites (N-methyl/N-ethyl adjacent to an activating group) is 1. The quantitative estimate of drug-likeness (QED) is 0.846. The van der Waals surface area contributed by atoms with Crippen molar-refractivity contribution >= 4 is 18.5 Å². The van der Waals surface area contributed by atoms with E-state index in [1.807, 2.05) is 67.7 Å². The highest BCUT2D eigenvalue weighted by molar-refractivity contribution is 7.81. The molecule has 2 rings (SSSR count). The number of amides is 1. The number of benzene rings is 2. The molecule has 0 aromatic heterocycles. The highest BCUT2D eigenvalue weighted by Gasteiger charge is 2.19. The molecule has 1 amide bonds. The summed E-state index contributed by atoms with van der Waals surface area (Å²) < 4.78 is 0. The lowest BCUT2D eigenvalue weighted by molar-refractivity contribution is -0.129. The molecule has 0 bridgehead atoms. The first kappa shape index (κ1) is 13.7. The van der Waals surface area contributed by atoms with Crippen molar-refractivity contribution in [3.63, 3.8) is 0 Å². The molecule has 0 saturated heterocycles. The van der Waals surface area contributed by atoms with Crippen molar-refractivity contribution in [3.8, 4) is 0 Å². The first-order valence-corrected chi connectivity index (χ1v) is 6.72. The molecule has 0 fully saturated rings. The molecular weight excluding hydrogens is 254 g/mol. The summed E-state index contributed by atoms with van der Waals surface area (Å²) in [4.78, 5) is 14.0. The van der Waals surface area contributed by atoms with Gasteiger partial charge < -0.3 is 4.90 Å². The molecule has 0 aliphatic heterocycles. The van der Waals surface area contributed by atoms with Gasteiger partial charge in [-0.05, 0) is 11.1 Å². The van der Waals surface area contributed by atoms with E-state index in [4.69, 9.17) is 0 Å². The van der Waals surface area contributed by atoms with Crippen molar-refractivity contribution in [2.75, 3.05) is 7.05 Å². The fourth-order valence-corrected chi connectivity index (χ4v) is 2.29. The van der Waals surface area contributed by atoms with Gasteiger partial charge in [0.05, 0.1) is 0 Å². The smallest absolute Gasteiger partial charge is 0.239 e. The molecule has 3 heteroatoms. The second-order valence-corrected chi connectivity index (χ2v) is 5.01. The molecule has 2 aromatic carbocycles. The number of hydrogen-bond donors (Lipinski definition) is 1. The first-order valence-electron chi connectivity index (χ1n) is 6.20. The fourth-order valence-electron chi connectivity index (χ4n) is 1.92. The zero-order valence-corrected chi connectivity index (χ0v) is 11.8. The number of rotatable bonds is 4. The number of carbonyl (C=O) groups excluding carboxylic acids is 1. The summed E-state index contributed by atoms with van der Waals surface area (Å²) in [6.45, 7) is 0.601. The van der Waals surface area contributed by atoms with Crippen molar-refractivity contribution in [2.24, 2.45) is 0 Å². The van der Waals surface area contributed by atoms with Crippen LogP contribution >= 0.6 is 12.6 Å². The van der Waals surface area contributed by atoms with E-state index in [9.17, 15) is 4.79 Å². The van der Waals surface area contributed by atoms with Crippen LogP contribution in [0.2, 0.25) is 0 Å². The van der Waals surface area contributed by atoms with Crippen molar-refractivity contribution < 1.29 is 4.79 Å². The predicted octanol–water partition coefficient (Wildman–Crippen LogP) is 3.32. The lowest BCUT2D eigenvalue weighted by Crippen LogP contribution is -2.29. The van der Waals surface area contributed by atoms with Gasteiger partial charge in [0.2, 0.25) is 5.91 Å². The topological polar surface area (TPSA) is 20.3 Å². The molecule has 1 atom stereocenters. The van der Waals surface area contributed by atoms with E-state index in [2.05, 4.69) is 12.6 Å². The summed E-state index contributed by atoms with van der Waals surface area (Å²) >= 11 is 4.43. The van der Waals surface area contributed by atoms with Crippen molar-refractivity contribution in [1.82, 2.24) is 4.90 Å². The van der Waals surface area contributed by atoms with Crippen LogP contribution in [-0.4, -0.2) is 17.9 Å². The van der Waals surface area contributed by atoms with Gasteiger partial charge in [-0.2, -0.15) is 12.6 Å². The van der Waals surface area contributed by atoms with Gasteiger partial charge in [-0.15, -0.1) is 0 Å². The average molecular weight is 271 g/mol. The van der Waals surface area contributed by atoms with Crippen LogP contribution in [0.15, 0.2) is 60.7 Å². The molecule has 0 saturated carbocycles. The number of thiol groups is 1. The molecule has 0 radical (unpaired) electrons. The van der Waals surface area contributed by atoms with E-state index in [0.29, 0.717) is 6.54 Å². The Hall–Kier alpha value is -1.74. The maximum absolute atomic E-state index is 12.3. The molecule has 98 valence electrons. The van der Waals surface area contributed by atoms with Crippen LogP contribution in [0.3, 0.4) is 0 Å². The van der Waals surface area contributed by atoms with Gasteiger partial charge in [0, 0.05) is 13.6 Å². The Labute approximate surface area is 119 Å². The van der Waals surface area contributed by atoms with E-state index in [1.54, 1.807) is 4.90 Å². The molecule has 2 aromatic rings. The molecule has 19 heavy (non-hydrogen) atoms. The third kappa shape index (κ3) is 3.61. The van der Waals surface area contributed by atoms with E-state index in [1.165, 1.54) is 0 Å². The van der Waals surface area contributed by atoms with Gasteiger partial charge in [0.15, 0.2) is 0 Å². The van der Waals surface area contributed by atoms with Gasteiger partial charge >= 0.3 is 0 Å². The van der Waals surface area contributed by atoms with Gasteiger partial charge in [-0.3, -0.25) is 4.79 Å². The van der Waals surface area contributed by atoms with Crippen LogP contribution in [-0.2, 0) is 11.3 Å². The normalized spacial score (nSPS) is 11.9. The zero-order valence-electron chi connectivity index (χ0n) is 10.9. The van der Waals surface area contributed by atoms with Gasteiger partial charge in [0.25, 0.3) is 0 Å². The summed E-state index contributed by atoms with van der Waals surface area (Å²) in [5.41, 5.74) is 2.04. The third-order valence-electron chi connectivity index (χ3n) is 2.99. The molecule has 2 nitrogen and oxygen atoms in total. The maximum Gasteiger partial charge on any atom is 0.239 e. The van der Waals surface area contributed by atoms with Crippen LogP contribution in [0.25, 0.3) is 0 Å². The second-order valence-electron chi connectivity index (χ2n) is 4.49. The Morgan fingerprint density at radius 2 is 1.58 bits per heavy atom. The summed E-state index contributed by atoms with van der Waals surface area (Å²) in [5, 5.41) is -0.407.